The molecule has 21 heavy (non-hydrogen) atoms. The van der Waals surface area contributed by atoms with Crippen molar-refractivity contribution in [2.75, 3.05) is 46.8 Å². The van der Waals surface area contributed by atoms with Crippen LogP contribution in [0.4, 0.5) is 0 Å². The van der Waals surface area contributed by atoms with Gasteiger partial charge in [0.15, 0.2) is 6.29 Å². The SMILES string of the molecule is COCCOCCOCCOc1c(Cl)cc(Cl)cc1C=O. The van der Waals surface area contributed by atoms with Crippen LogP contribution in [0.2, 0.25) is 10.0 Å². The summed E-state index contributed by atoms with van der Waals surface area (Å²) in [6, 6.07) is 3.02. The van der Waals surface area contributed by atoms with E-state index in [1.165, 1.54) is 12.1 Å². The molecule has 1 aromatic rings. The summed E-state index contributed by atoms with van der Waals surface area (Å²) in [4.78, 5) is 10.9. The Bertz CT molecular complexity index is 440. The maximum atomic E-state index is 10.9. The highest BCUT2D eigenvalue weighted by Crippen LogP contribution is 2.31. The molecule has 0 aliphatic heterocycles. The maximum Gasteiger partial charge on any atom is 0.153 e. The van der Waals surface area contributed by atoms with E-state index in [1.54, 1.807) is 7.11 Å². The van der Waals surface area contributed by atoms with Crippen LogP contribution in [0.25, 0.3) is 0 Å². The second-order valence-corrected chi connectivity index (χ2v) is 4.83. The van der Waals surface area contributed by atoms with E-state index >= 15 is 0 Å². The van der Waals surface area contributed by atoms with Crippen LogP contribution in [0, 0.1) is 0 Å². The van der Waals surface area contributed by atoms with Crippen molar-refractivity contribution in [2.45, 2.75) is 0 Å². The Balaban J connectivity index is 2.23. The number of carbonyl (C=O) groups is 1. The molecule has 118 valence electrons. The van der Waals surface area contributed by atoms with Gasteiger partial charge in [-0.05, 0) is 12.1 Å². The molecule has 1 rings (SSSR count). The van der Waals surface area contributed by atoms with Gasteiger partial charge >= 0.3 is 0 Å². The van der Waals surface area contributed by atoms with Gasteiger partial charge in [-0.2, -0.15) is 0 Å². The molecule has 0 saturated heterocycles. The van der Waals surface area contributed by atoms with Crippen LogP contribution in [0.1, 0.15) is 10.4 Å². The van der Waals surface area contributed by atoms with Gasteiger partial charge < -0.3 is 18.9 Å². The molecule has 0 N–H and O–H groups in total. The number of benzene rings is 1. The van der Waals surface area contributed by atoms with Crippen LogP contribution in [0.15, 0.2) is 12.1 Å². The van der Waals surface area contributed by atoms with Crippen LogP contribution in [-0.2, 0) is 14.2 Å². The first-order chi connectivity index (χ1) is 10.2. The number of halogens is 2. The van der Waals surface area contributed by atoms with Gasteiger partial charge in [-0.15, -0.1) is 0 Å². The number of ether oxygens (including phenoxy) is 4. The average Bonchev–Trinajstić information content (AvgIpc) is 2.46. The fourth-order valence-electron chi connectivity index (χ4n) is 1.49. The number of rotatable bonds is 11. The van der Waals surface area contributed by atoms with Crippen molar-refractivity contribution in [3.05, 3.63) is 27.7 Å². The highest BCUT2D eigenvalue weighted by Gasteiger charge is 2.10. The minimum Gasteiger partial charge on any atom is -0.489 e. The molecule has 0 aliphatic rings. The molecular weight excluding hydrogens is 319 g/mol. The molecule has 0 bridgehead atoms. The van der Waals surface area contributed by atoms with Crippen molar-refractivity contribution in [1.29, 1.82) is 0 Å². The third kappa shape index (κ3) is 7.11. The Kier molecular flexibility index (Phi) is 9.37. The highest BCUT2D eigenvalue weighted by atomic mass is 35.5. The third-order valence-corrected chi connectivity index (χ3v) is 2.94. The number of aldehydes is 1. The lowest BCUT2D eigenvalue weighted by Gasteiger charge is -2.11. The first-order valence-corrected chi connectivity index (χ1v) is 7.16. The molecule has 0 saturated carbocycles. The van der Waals surface area contributed by atoms with Gasteiger partial charge in [0, 0.05) is 12.1 Å². The van der Waals surface area contributed by atoms with Crippen molar-refractivity contribution in [3.8, 4) is 5.75 Å². The maximum absolute atomic E-state index is 10.9. The largest absolute Gasteiger partial charge is 0.489 e. The van der Waals surface area contributed by atoms with Crippen molar-refractivity contribution in [3.63, 3.8) is 0 Å². The number of carbonyl (C=O) groups excluding carboxylic acids is 1. The van der Waals surface area contributed by atoms with Crippen LogP contribution in [0.5, 0.6) is 5.75 Å². The summed E-state index contributed by atoms with van der Waals surface area (Å²) < 4.78 is 20.9. The summed E-state index contributed by atoms with van der Waals surface area (Å²) in [5.41, 5.74) is 0.315. The van der Waals surface area contributed by atoms with Gasteiger partial charge in [-0.1, -0.05) is 23.2 Å². The zero-order valence-corrected chi connectivity index (χ0v) is 13.3. The van der Waals surface area contributed by atoms with Crippen LogP contribution >= 0.6 is 23.2 Å². The summed E-state index contributed by atoms with van der Waals surface area (Å²) >= 11 is 11.8. The fraction of sp³-hybridized carbons (Fsp3) is 0.500. The lowest BCUT2D eigenvalue weighted by Crippen LogP contribution is -2.12. The Hall–Kier alpha value is -0.850. The number of hydrogen-bond donors (Lipinski definition) is 0. The van der Waals surface area contributed by atoms with E-state index < -0.39 is 0 Å². The third-order valence-electron chi connectivity index (χ3n) is 2.44. The smallest absolute Gasteiger partial charge is 0.153 e. The number of hydrogen-bond acceptors (Lipinski definition) is 5. The average molecular weight is 337 g/mol. The first-order valence-electron chi connectivity index (χ1n) is 6.40. The van der Waals surface area contributed by atoms with Crippen molar-refractivity contribution in [2.24, 2.45) is 0 Å². The second kappa shape index (κ2) is 10.8. The van der Waals surface area contributed by atoms with E-state index in [0.29, 0.717) is 60.7 Å². The van der Waals surface area contributed by atoms with Crippen LogP contribution < -0.4 is 4.74 Å². The molecule has 0 fully saturated rings. The van der Waals surface area contributed by atoms with Gasteiger partial charge in [0.2, 0.25) is 0 Å². The Morgan fingerprint density at radius 3 is 2.24 bits per heavy atom. The topological polar surface area (TPSA) is 54.0 Å². The molecular formula is C14H18Cl2O5. The summed E-state index contributed by atoms with van der Waals surface area (Å²) in [5.74, 6) is 0.316. The van der Waals surface area contributed by atoms with E-state index in [1.807, 2.05) is 0 Å². The molecule has 0 heterocycles. The minimum atomic E-state index is 0.278. The van der Waals surface area contributed by atoms with Crippen LogP contribution in [-0.4, -0.2) is 53.0 Å². The Morgan fingerprint density at radius 2 is 1.62 bits per heavy atom. The van der Waals surface area contributed by atoms with Gasteiger partial charge in [0.05, 0.1) is 43.6 Å². The molecule has 0 atom stereocenters. The predicted octanol–water partition coefficient (Wildman–Crippen LogP) is 2.86. The zero-order valence-electron chi connectivity index (χ0n) is 11.8. The zero-order chi connectivity index (χ0) is 15.5. The lowest BCUT2D eigenvalue weighted by molar-refractivity contribution is 0.0179. The summed E-state index contributed by atoms with van der Waals surface area (Å²) in [5, 5.41) is 0.686. The van der Waals surface area contributed by atoms with Gasteiger partial charge in [0.25, 0.3) is 0 Å². The minimum absolute atomic E-state index is 0.278. The van der Waals surface area contributed by atoms with Crippen molar-refractivity contribution < 1.29 is 23.7 Å². The first kappa shape index (κ1) is 18.2. The molecule has 7 heteroatoms. The fourth-order valence-corrected chi connectivity index (χ4v) is 2.05. The highest BCUT2D eigenvalue weighted by molar-refractivity contribution is 6.36. The predicted molar refractivity (Wildman–Crippen MR) is 80.9 cm³/mol. The van der Waals surface area contributed by atoms with E-state index in [2.05, 4.69) is 0 Å². The normalized spacial score (nSPS) is 10.6. The van der Waals surface area contributed by atoms with Crippen LogP contribution in [0.3, 0.4) is 0 Å². The molecule has 0 unspecified atom stereocenters. The molecule has 0 aromatic heterocycles. The summed E-state index contributed by atoms with van der Waals surface area (Å²) in [7, 11) is 1.62. The van der Waals surface area contributed by atoms with E-state index in [9.17, 15) is 4.79 Å². The monoisotopic (exact) mass is 336 g/mol. The molecule has 1 aromatic carbocycles. The van der Waals surface area contributed by atoms with E-state index in [-0.39, 0.29) is 6.61 Å². The lowest BCUT2D eigenvalue weighted by atomic mass is 10.2. The molecule has 0 amide bonds. The van der Waals surface area contributed by atoms with E-state index in [0.717, 1.165) is 0 Å². The summed E-state index contributed by atoms with van der Waals surface area (Å²) in [6.07, 6.45) is 0.650. The standard InChI is InChI=1S/C14H18Cl2O5/c1-18-2-3-19-4-5-20-6-7-21-14-11(10-17)8-12(15)9-13(14)16/h8-10H,2-7H2,1H3. The molecule has 0 aliphatic carbocycles. The van der Waals surface area contributed by atoms with E-state index in [4.69, 9.17) is 42.1 Å². The second-order valence-electron chi connectivity index (χ2n) is 3.99. The number of methoxy groups -OCH3 is 1. The summed E-state index contributed by atoms with van der Waals surface area (Å²) in [6.45, 7) is 2.70. The quantitative estimate of drug-likeness (QED) is 0.459. The molecule has 0 spiro atoms. The van der Waals surface area contributed by atoms with Gasteiger partial charge in [0.1, 0.15) is 12.4 Å². The van der Waals surface area contributed by atoms with Crippen molar-refractivity contribution in [1.82, 2.24) is 0 Å². The molecule has 0 radical (unpaired) electrons. The van der Waals surface area contributed by atoms with Crippen molar-refractivity contribution >= 4 is 29.5 Å². The Morgan fingerprint density at radius 1 is 1.00 bits per heavy atom. The molecule has 5 nitrogen and oxygen atoms in total. The van der Waals surface area contributed by atoms with Gasteiger partial charge in [-0.3, -0.25) is 4.79 Å². The van der Waals surface area contributed by atoms with Gasteiger partial charge in [-0.25, -0.2) is 0 Å². The Labute approximate surface area is 134 Å².